The van der Waals surface area contributed by atoms with E-state index in [1.165, 1.54) is 0 Å². The summed E-state index contributed by atoms with van der Waals surface area (Å²) in [5.74, 6) is -0.226. The lowest BCUT2D eigenvalue weighted by Gasteiger charge is -2.07. The lowest BCUT2D eigenvalue weighted by molar-refractivity contribution is 0.102. The molecule has 3 N–H and O–H groups in total. The number of amides is 1. The number of carbonyl (C=O) groups excluding carboxylic acids is 1. The first-order valence-corrected chi connectivity index (χ1v) is 5.78. The molecule has 94 valence electrons. The fourth-order valence-electron chi connectivity index (χ4n) is 1.61. The van der Waals surface area contributed by atoms with Gasteiger partial charge >= 0.3 is 0 Å². The van der Waals surface area contributed by atoms with E-state index in [2.05, 4.69) is 5.32 Å². The number of hydrogen-bond donors (Lipinski definition) is 2. The third-order valence-electron chi connectivity index (χ3n) is 2.81. The van der Waals surface area contributed by atoms with Crippen LogP contribution in [-0.2, 0) is 0 Å². The second kappa shape index (κ2) is 5.23. The molecule has 0 unspecified atom stereocenters. The lowest BCUT2D eigenvalue weighted by atomic mass is 10.1. The molecule has 2 aromatic rings. The van der Waals surface area contributed by atoms with Crippen LogP contribution in [0.15, 0.2) is 42.5 Å². The van der Waals surface area contributed by atoms with E-state index in [1.807, 2.05) is 19.1 Å². The van der Waals surface area contributed by atoms with Gasteiger partial charge in [-0.05, 0) is 48.9 Å². The summed E-state index contributed by atoms with van der Waals surface area (Å²) in [6.07, 6.45) is 0. The normalized spacial score (nSPS) is 9.68. The number of carbonyl (C=O) groups is 1. The standard InChI is InChI=1S/C15H13N3O/c1-10-2-5-12(8-14(10)17)15(19)18-13-6-3-11(9-16)4-7-13/h2-8H,17H2,1H3,(H,18,19). The van der Waals surface area contributed by atoms with Crippen molar-refractivity contribution < 1.29 is 4.79 Å². The highest BCUT2D eigenvalue weighted by molar-refractivity contribution is 6.04. The van der Waals surface area contributed by atoms with Crippen LogP contribution in [0.2, 0.25) is 0 Å². The monoisotopic (exact) mass is 251 g/mol. The summed E-state index contributed by atoms with van der Waals surface area (Å²) >= 11 is 0. The number of aryl methyl sites for hydroxylation is 1. The Morgan fingerprint density at radius 3 is 2.47 bits per heavy atom. The molecule has 0 bridgehead atoms. The van der Waals surface area contributed by atoms with Crippen LogP contribution < -0.4 is 11.1 Å². The summed E-state index contributed by atoms with van der Waals surface area (Å²) in [6.45, 7) is 1.89. The maximum atomic E-state index is 12.0. The minimum atomic E-state index is -0.226. The van der Waals surface area contributed by atoms with Gasteiger partial charge in [-0.15, -0.1) is 0 Å². The molecule has 0 aliphatic carbocycles. The van der Waals surface area contributed by atoms with Gasteiger partial charge in [-0.3, -0.25) is 4.79 Å². The molecule has 4 nitrogen and oxygen atoms in total. The van der Waals surface area contributed by atoms with E-state index in [4.69, 9.17) is 11.0 Å². The summed E-state index contributed by atoms with van der Waals surface area (Å²) in [7, 11) is 0. The molecule has 0 fully saturated rings. The largest absolute Gasteiger partial charge is 0.398 e. The van der Waals surface area contributed by atoms with E-state index < -0.39 is 0 Å². The molecule has 0 saturated heterocycles. The molecule has 2 rings (SSSR count). The molecule has 1 amide bonds. The number of nitrogens with zero attached hydrogens (tertiary/aromatic N) is 1. The first kappa shape index (κ1) is 12.7. The van der Waals surface area contributed by atoms with Crippen molar-refractivity contribution in [3.05, 3.63) is 59.2 Å². The number of nitriles is 1. The van der Waals surface area contributed by atoms with Crippen molar-refractivity contribution in [2.24, 2.45) is 0 Å². The van der Waals surface area contributed by atoms with Crippen LogP contribution in [0, 0.1) is 18.3 Å². The van der Waals surface area contributed by atoms with Crippen molar-refractivity contribution in [3.8, 4) is 6.07 Å². The summed E-state index contributed by atoms with van der Waals surface area (Å²) in [5.41, 5.74) is 9.01. The lowest BCUT2D eigenvalue weighted by Crippen LogP contribution is -2.12. The topological polar surface area (TPSA) is 78.9 Å². The number of rotatable bonds is 2. The van der Waals surface area contributed by atoms with Gasteiger partial charge in [0.1, 0.15) is 0 Å². The predicted octanol–water partition coefficient (Wildman–Crippen LogP) is 2.70. The van der Waals surface area contributed by atoms with Crippen LogP contribution in [0.4, 0.5) is 11.4 Å². The fraction of sp³-hybridized carbons (Fsp3) is 0.0667. The average Bonchev–Trinajstić information content (AvgIpc) is 2.42. The third kappa shape index (κ3) is 2.90. The van der Waals surface area contributed by atoms with Gasteiger partial charge in [-0.25, -0.2) is 0 Å². The van der Waals surface area contributed by atoms with E-state index in [9.17, 15) is 4.79 Å². The Hall–Kier alpha value is -2.80. The zero-order chi connectivity index (χ0) is 13.8. The van der Waals surface area contributed by atoms with Crippen LogP contribution in [0.25, 0.3) is 0 Å². The minimum Gasteiger partial charge on any atom is -0.398 e. The van der Waals surface area contributed by atoms with Gasteiger partial charge < -0.3 is 11.1 Å². The smallest absolute Gasteiger partial charge is 0.255 e. The molecule has 2 aromatic carbocycles. The molecule has 0 heterocycles. The summed E-state index contributed by atoms with van der Waals surface area (Å²) in [5, 5.41) is 11.4. The summed E-state index contributed by atoms with van der Waals surface area (Å²) in [4.78, 5) is 12.0. The predicted molar refractivity (Wildman–Crippen MR) is 74.7 cm³/mol. The van der Waals surface area contributed by atoms with Gasteiger partial charge in [0.25, 0.3) is 5.91 Å². The van der Waals surface area contributed by atoms with Crippen molar-refractivity contribution >= 4 is 17.3 Å². The highest BCUT2D eigenvalue weighted by Crippen LogP contribution is 2.15. The molecular formula is C15H13N3O. The molecule has 0 aliphatic rings. The van der Waals surface area contributed by atoms with Crippen molar-refractivity contribution in [1.82, 2.24) is 0 Å². The maximum absolute atomic E-state index is 12.0. The van der Waals surface area contributed by atoms with Crippen LogP contribution in [-0.4, -0.2) is 5.91 Å². The van der Waals surface area contributed by atoms with Crippen LogP contribution in [0.1, 0.15) is 21.5 Å². The number of nitrogen functional groups attached to an aromatic ring is 1. The third-order valence-corrected chi connectivity index (χ3v) is 2.81. The quantitative estimate of drug-likeness (QED) is 0.805. The van der Waals surface area contributed by atoms with Gasteiger partial charge in [0, 0.05) is 16.9 Å². The zero-order valence-electron chi connectivity index (χ0n) is 10.5. The Kier molecular flexibility index (Phi) is 3.48. The highest BCUT2D eigenvalue weighted by atomic mass is 16.1. The fourth-order valence-corrected chi connectivity index (χ4v) is 1.61. The van der Waals surface area contributed by atoms with Crippen molar-refractivity contribution in [2.75, 3.05) is 11.1 Å². The number of nitrogens with two attached hydrogens (primary N) is 1. The molecule has 4 heteroatoms. The Labute approximate surface area is 111 Å². The van der Waals surface area contributed by atoms with E-state index in [0.29, 0.717) is 22.5 Å². The van der Waals surface area contributed by atoms with Crippen LogP contribution >= 0.6 is 0 Å². The van der Waals surface area contributed by atoms with Crippen LogP contribution in [0.3, 0.4) is 0 Å². The molecule has 19 heavy (non-hydrogen) atoms. The molecule has 0 atom stereocenters. The zero-order valence-corrected chi connectivity index (χ0v) is 10.5. The SMILES string of the molecule is Cc1ccc(C(=O)Nc2ccc(C#N)cc2)cc1N. The van der Waals surface area contributed by atoms with E-state index >= 15 is 0 Å². The molecule has 0 aromatic heterocycles. The molecule has 0 radical (unpaired) electrons. The average molecular weight is 251 g/mol. The second-order valence-electron chi connectivity index (χ2n) is 4.21. The number of benzene rings is 2. The Balaban J connectivity index is 2.16. The minimum absolute atomic E-state index is 0.226. The number of nitrogens with one attached hydrogen (secondary N) is 1. The van der Waals surface area contributed by atoms with E-state index in [0.717, 1.165) is 5.56 Å². The van der Waals surface area contributed by atoms with Gasteiger partial charge in [0.05, 0.1) is 11.6 Å². The van der Waals surface area contributed by atoms with Gasteiger partial charge in [-0.2, -0.15) is 5.26 Å². The van der Waals surface area contributed by atoms with Gasteiger partial charge in [0.2, 0.25) is 0 Å². The maximum Gasteiger partial charge on any atom is 0.255 e. The van der Waals surface area contributed by atoms with E-state index in [1.54, 1.807) is 36.4 Å². The Morgan fingerprint density at radius 2 is 1.89 bits per heavy atom. The van der Waals surface area contributed by atoms with Crippen molar-refractivity contribution in [3.63, 3.8) is 0 Å². The van der Waals surface area contributed by atoms with E-state index in [-0.39, 0.29) is 5.91 Å². The van der Waals surface area contributed by atoms with Crippen molar-refractivity contribution in [1.29, 1.82) is 5.26 Å². The molecule has 0 spiro atoms. The highest BCUT2D eigenvalue weighted by Gasteiger charge is 2.07. The molecular weight excluding hydrogens is 238 g/mol. The van der Waals surface area contributed by atoms with Crippen LogP contribution in [0.5, 0.6) is 0 Å². The van der Waals surface area contributed by atoms with Gasteiger partial charge in [0.15, 0.2) is 0 Å². The van der Waals surface area contributed by atoms with Crippen molar-refractivity contribution in [2.45, 2.75) is 6.92 Å². The Bertz CT molecular complexity index is 654. The molecule has 0 aliphatic heterocycles. The molecule has 0 saturated carbocycles. The number of anilines is 2. The van der Waals surface area contributed by atoms with Gasteiger partial charge in [-0.1, -0.05) is 6.07 Å². The number of hydrogen-bond acceptors (Lipinski definition) is 3. The first-order chi connectivity index (χ1) is 9.10. The Morgan fingerprint density at radius 1 is 1.21 bits per heavy atom. The summed E-state index contributed by atoms with van der Waals surface area (Å²) in [6, 6.07) is 13.9. The second-order valence-corrected chi connectivity index (χ2v) is 4.21. The first-order valence-electron chi connectivity index (χ1n) is 5.78. The summed E-state index contributed by atoms with van der Waals surface area (Å²) < 4.78 is 0.